The fourth-order valence-electron chi connectivity index (χ4n) is 1.85. The zero-order chi connectivity index (χ0) is 13.0. The highest BCUT2D eigenvalue weighted by Gasteiger charge is 2.36. The maximum atomic E-state index is 11.5. The molecule has 0 aliphatic carbocycles. The highest BCUT2D eigenvalue weighted by Crippen LogP contribution is 2.21. The third-order valence-corrected chi connectivity index (χ3v) is 2.93. The van der Waals surface area contributed by atoms with Gasteiger partial charge in [-0.25, -0.2) is 4.79 Å². The van der Waals surface area contributed by atoms with Crippen LogP contribution in [-0.4, -0.2) is 50.9 Å². The van der Waals surface area contributed by atoms with E-state index in [2.05, 4.69) is 0 Å². The van der Waals surface area contributed by atoms with Crippen molar-refractivity contribution in [1.82, 2.24) is 4.90 Å². The molecule has 1 amide bonds. The Kier molecular flexibility index (Phi) is 4.74. The molecule has 0 spiro atoms. The van der Waals surface area contributed by atoms with Gasteiger partial charge in [-0.2, -0.15) is 0 Å². The molecular weight excluding hydrogens is 250 g/mol. The Bertz CT molecular complexity index is 333. The molecule has 0 radical (unpaired) electrons. The SMILES string of the molecule is O=C(O)CCC[C@H](C(=O)O)N1CC(Cl)CC1=O. The fourth-order valence-corrected chi connectivity index (χ4v) is 2.13. The molecule has 1 fully saturated rings. The largest absolute Gasteiger partial charge is 0.481 e. The predicted octanol–water partition coefficient (Wildman–Crippen LogP) is 0.534. The van der Waals surface area contributed by atoms with Crippen molar-refractivity contribution in [2.45, 2.75) is 37.1 Å². The Labute approximate surface area is 103 Å². The van der Waals surface area contributed by atoms with Crippen LogP contribution >= 0.6 is 11.6 Å². The maximum Gasteiger partial charge on any atom is 0.326 e. The van der Waals surface area contributed by atoms with Crippen LogP contribution in [0.25, 0.3) is 0 Å². The molecular formula is C10H14ClNO5. The summed E-state index contributed by atoms with van der Waals surface area (Å²) in [6.07, 6.45) is 0.403. The fraction of sp³-hybridized carbons (Fsp3) is 0.700. The van der Waals surface area contributed by atoms with E-state index in [1.807, 2.05) is 0 Å². The van der Waals surface area contributed by atoms with E-state index < -0.39 is 18.0 Å². The van der Waals surface area contributed by atoms with Crippen molar-refractivity contribution in [3.8, 4) is 0 Å². The smallest absolute Gasteiger partial charge is 0.326 e. The molecule has 1 saturated heterocycles. The lowest BCUT2D eigenvalue weighted by Gasteiger charge is -2.24. The summed E-state index contributed by atoms with van der Waals surface area (Å²) in [4.78, 5) is 34.1. The van der Waals surface area contributed by atoms with E-state index in [1.54, 1.807) is 0 Å². The number of rotatable bonds is 6. The van der Waals surface area contributed by atoms with Crippen LogP contribution in [0, 0.1) is 0 Å². The molecule has 1 unspecified atom stereocenters. The zero-order valence-electron chi connectivity index (χ0n) is 9.13. The quantitative estimate of drug-likeness (QED) is 0.682. The van der Waals surface area contributed by atoms with Gasteiger partial charge in [0, 0.05) is 19.4 Å². The number of carboxylic acid groups (broad SMARTS) is 2. The van der Waals surface area contributed by atoms with Crippen molar-refractivity contribution in [1.29, 1.82) is 0 Å². The molecule has 0 aromatic carbocycles. The molecule has 7 heteroatoms. The summed E-state index contributed by atoms with van der Waals surface area (Å²) in [5, 5.41) is 17.1. The Morgan fingerprint density at radius 1 is 1.47 bits per heavy atom. The molecule has 1 heterocycles. The summed E-state index contributed by atoms with van der Waals surface area (Å²) in [7, 11) is 0. The molecule has 1 aliphatic rings. The Morgan fingerprint density at radius 3 is 2.53 bits per heavy atom. The molecule has 2 atom stereocenters. The minimum absolute atomic E-state index is 0.101. The summed E-state index contributed by atoms with van der Waals surface area (Å²) in [6, 6.07) is -0.967. The third kappa shape index (κ3) is 3.89. The molecule has 1 rings (SSSR count). The number of likely N-dealkylation sites (tertiary alicyclic amines) is 1. The number of alkyl halides is 1. The molecule has 0 bridgehead atoms. The zero-order valence-corrected chi connectivity index (χ0v) is 9.89. The maximum absolute atomic E-state index is 11.5. The first kappa shape index (κ1) is 13.8. The van der Waals surface area contributed by atoms with E-state index in [9.17, 15) is 14.4 Å². The van der Waals surface area contributed by atoms with Crippen LogP contribution in [0.15, 0.2) is 0 Å². The van der Waals surface area contributed by atoms with Gasteiger partial charge in [0.1, 0.15) is 6.04 Å². The van der Waals surface area contributed by atoms with Gasteiger partial charge in [0.15, 0.2) is 0 Å². The predicted molar refractivity (Wildman–Crippen MR) is 58.9 cm³/mol. The van der Waals surface area contributed by atoms with E-state index in [4.69, 9.17) is 21.8 Å². The van der Waals surface area contributed by atoms with Crippen LogP contribution in [0.5, 0.6) is 0 Å². The van der Waals surface area contributed by atoms with Gasteiger partial charge in [-0.15, -0.1) is 11.6 Å². The molecule has 1 aliphatic heterocycles. The molecule has 17 heavy (non-hydrogen) atoms. The monoisotopic (exact) mass is 263 g/mol. The highest BCUT2D eigenvalue weighted by atomic mass is 35.5. The Balaban J connectivity index is 2.57. The lowest BCUT2D eigenvalue weighted by atomic mass is 10.1. The third-order valence-electron chi connectivity index (χ3n) is 2.64. The summed E-state index contributed by atoms with van der Waals surface area (Å²) in [6.45, 7) is 0.213. The van der Waals surface area contributed by atoms with Gasteiger partial charge >= 0.3 is 11.9 Å². The summed E-state index contributed by atoms with van der Waals surface area (Å²) < 4.78 is 0. The van der Waals surface area contributed by atoms with Gasteiger partial charge in [0.05, 0.1) is 5.38 Å². The van der Waals surface area contributed by atoms with Crippen LogP contribution in [0.1, 0.15) is 25.7 Å². The Morgan fingerprint density at radius 2 is 2.12 bits per heavy atom. The van der Waals surface area contributed by atoms with Crippen molar-refractivity contribution in [2.75, 3.05) is 6.54 Å². The topological polar surface area (TPSA) is 94.9 Å². The van der Waals surface area contributed by atoms with Crippen LogP contribution < -0.4 is 0 Å². The first-order chi connectivity index (χ1) is 7.91. The van der Waals surface area contributed by atoms with Crippen molar-refractivity contribution in [2.24, 2.45) is 0 Å². The van der Waals surface area contributed by atoms with Gasteiger partial charge in [0.2, 0.25) is 5.91 Å². The molecule has 2 N–H and O–H groups in total. The second-order valence-corrected chi connectivity index (χ2v) is 4.60. The van der Waals surface area contributed by atoms with E-state index in [0.29, 0.717) is 0 Å². The van der Waals surface area contributed by atoms with Gasteiger partial charge in [-0.1, -0.05) is 0 Å². The van der Waals surface area contributed by atoms with E-state index in [0.717, 1.165) is 0 Å². The summed E-state index contributed by atoms with van der Waals surface area (Å²) in [5.41, 5.74) is 0. The number of carbonyl (C=O) groups excluding carboxylic acids is 1. The van der Waals surface area contributed by atoms with Crippen molar-refractivity contribution < 1.29 is 24.6 Å². The Hall–Kier alpha value is -1.30. The van der Waals surface area contributed by atoms with Crippen LogP contribution in [0.2, 0.25) is 0 Å². The van der Waals surface area contributed by atoms with Gasteiger partial charge in [-0.05, 0) is 12.8 Å². The lowest BCUT2D eigenvalue weighted by molar-refractivity contribution is -0.149. The normalized spacial score (nSPS) is 21.6. The standard InChI is InChI=1S/C10H14ClNO5/c11-6-4-8(13)12(5-6)7(10(16)17)2-1-3-9(14)15/h6-7H,1-5H2,(H,14,15)(H,16,17)/t6?,7-/m1/s1. The number of amides is 1. The molecule has 0 aromatic rings. The minimum atomic E-state index is -1.12. The first-order valence-electron chi connectivity index (χ1n) is 5.30. The van der Waals surface area contributed by atoms with Crippen LogP contribution in [0.4, 0.5) is 0 Å². The van der Waals surface area contributed by atoms with Crippen molar-refractivity contribution in [3.05, 3.63) is 0 Å². The number of nitrogens with zero attached hydrogens (tertiary/aromatic N) is 1. The average Bonchev–Trinajstić information content (AvgIpc) is 2.51. The number of halogens is 1. The van der Waals surface area contributed by atoms with Crippen LogP contribution in [-0.2, 0) is 14.4 Å². The minimum Gasteiger partial charge on any atom is -0.481 e. The van der Waals surface area contributed by atoms with E-state index in [-0.39, 0.29) is 43.5 Å². The van der Waals surface area contributed by atoms with Crippen LogP contribution in [0.3, 0.4) is 0 Å². The summed E-state index contributed by atoms with van der Waals surface area (Å²) in [5.74, 6) is -2.38. The van der Waals surface area contributed by atoms with Gasteiger partial charge in [0.25, 0.3) is 0 Å². The molecule has 6 nitrogen and oxygen atoms in total. The first-order valence-corrected chi connectivity index (χ1v) is 5.73. The summed E-state index contributed by atoms with van der Waals surface area (Å²) >= 11 is 5.79. The number of aliphatic carboxylic acids is 2. The molecule has 0 saturated carbocycles. The lowest BCUT2D eigenvalue weighted by Crippen LogP contribution is -2.42. The second-order valence-electron chi connectivity index (χ2n) is 3.99. The number of carboxylic acids is 2. The molecule has 0 aromatic heterocycles. The van der Waals surface area contributed by atoms with Gasteiger partial charge < -0.3 is 15.1 Å². The number of hydrogen-bond acceptors (Lipinski definition) is 3. The van der Waals surface area contributed by atoms with Gasteiger partial charge in [-0.3, -0.25) is 9.59 Å². The van der Waals surface area contributed by atoms with E-state index >= 15 is 0 Å². The van der Waals surface area contributed by atoms with E-state index in [1.165, 1.54) is 4.90 Å². The number of hydrogen-bond donors (Lipinski definition) is 2. The number of carbonyl (C=O) groups is 3. The second kappa shape index (κ2) is 5.86. The molecule has 96 valence electrons. The highest BCUT2D eigenvalue weighted by molar-refractivity contribution is 6.22. The average molecular weight is 264 g/mol. The van der Waals surface area contributed by atoms with Crippen molar-refractivity contribution in [3.63, 3.8) is 0 Å². The van der Waals surface area contributed by atoms with Crippen molar-refractivity contribution >= 4 is 29.4 Å².